The van der Waals surface area contributed by atoms with Crippen LogP contribution in [0.2, 0.25) is 3.67 Å². The van der Waals surface area contributed by atoms with Gasteiger partial charge >= 0.3 is 102 Å². The van der Waals surface area contributed by atoms with Crippen molar-refractivity contribution in [2.75, 3.05) is 12.4 Å². The first kappa shape index (κ1) is 29.1. The number of hydrogen-bond acceptors (Lipinski definition) is 3. The van der Waals surface area contributed by atoms with E-state index in [1.807, 2.05) is 0 Å². The molecule has 0 aromatic rings. The van der Waals surface area contributed by atoms with Crippen LogP contribution in [0.25, 0.3) is 0 Å². The number of aliphatic hydroxyl groups excluding tert-OH is 1. The number of rotatable bonds is 18. The van der Waals surface area contributed by atoms with Gasteiger partial charge < -0.3 is 5.11 Å². The molecule has 0 saturated heterocycles. The van der Waals surface area contributed by atoms with Crippen molar-refractivity contribution in [3.8, 4) is 0 Å². The van der Waals surface area contributed by atoms with Gasteiger partial charge in [-0.3, -0.25) is 4.55 Å². The van der Waals surface area contributed by atoms with E-state index in [2.05, 4.69) is 6.92 Å². The molecule has 0 aliphatic rings. The molecule has 0 saturated carbocycles. The van der Waals surface area contributed by atoms with Gasteiger partial charge in [0.2, 0.25) is 0 Å². The van der Waals surface area contributed by atoms with Gasteiger partial charge in [0.05, 0.1) is 12.4 Å². The number of aliphatic hydroxyl groups is 1. The van der Waals surface area contributed by atoms with E-state index in [0.717, 1.165) is 0 Å². The second-order valence-electron chi connectivity index (χ2n) is 7.31. The van der Waals surface area contributed by atoms with Crippen molar-refractivity contribution in [2.24, 2.45) is 0 Å². The molecular formula is C20H43NaO4S. The summed E-state index contributed by atoms with van der Waals surface area (Å²) in [6.07, 6.45) is 23.7. The van der Waals surface area contributed by atoms with Gasteiger partial charge in [-0.1, -0.05) is 39.0 Å². The molecule has 0 rings (SSSR count). The van der Waals surface area contributed by atoms with E-state index < -0.39 is 22.5 Å². The van der Waals surface area contributed by atoms with E-state index in [4.69, 9.17) is 9.66 Å². The summed E-state index contributed by atoms with van der Waals surface area (Å²) >= 11 is 1.41. The Bertz CT molecular complexity index is 332. The first-order valence-corrected chi connectivity index (χ1v) is 14.1. The molecule has 4 nitrogen and oxygen atoms in total. The Morgan fingerprint density at radius 3 is 1.15 bits per heavy atom. The monoisotopic (exact) mass is 402 g/mol. The Balaban J connectivity index is 0. The fourth-order valence-electron chi connectivity index (χ4n) is 2.91. The Morgan fingerprint density at radius 1 is 0.654 bits per heavy atom. The average Bonchev–Trinajstić information content (AvgIpc) is 2.58. The third kappa shape index (κ3) is 32.5. The Kier molecular flexibility index (Phi) is 26.7. The van der Waals surface area contributed by atoms with Crippen LogP contribution >= 0.6 is 0 Å². The second kappa shape index (κ2) is 23.9. The van der Waals surface area contributed by atoms with E-state index in [9.17, 15) is 8.42 Å². The van der Waals surface area contributed by atoms with Crippen LogP contribution in [-0.2, 0) is 10.1 Å². The van der Waals surface area contributed by atoms with Crippen LogP contribution < -0.4 is 0 Å². The quantitative estimate of drug-likeness (QED) is 0.175. The zero-order chi connectivity index (χ0) is 19.9. The maximum atomic E-state index is 9.63. The molecule has 6 heteroatoms. The molecule has 154 valence electrons. The normalized spacial score (nSPS) is 11.3. The van der Waals surface area contributed by atoms with E-state index >= 15 is 0 Å². The van der Waals surface area contributed by atoms with Crippen LogP contribution in [0, 0.1) is 0 Å². The number of hydrogen-bond donors (Lipinski definition) is 2. The van der Waals surface area contributed by atoms with Gasteiger partial charge in [0.25, 0.3) is 10.1 Å². The molecule has 0 amide bonds. The Labute approximate surface area is 181 Å². The van der Waals surface area contributed by atoms with Gasteiger partial charge in [-0.05, 0) is 0 Å². The van der Waals surface area contributed by atoms with Gasteiger partial charge in [0.1, 0.15) is 0 Å². The molecule has 0 aromatic heterocycles. The third-order valence-electron chi connectivity index (χ3n) is 4.56. The van der Waals surface area contributed by atoms with Gasteiger partial charge in [0, 0.05) is 0 Å². The Hall–Kier alpha value is 0.870. The summed E-state index contributed by atoms with van der Waals surface area (Å²) in [6, 6.07) is 0. The van der Waals surface area contributed by atoms with Crippen LogP contribution in [0.5, 0.6) is 0 Å². The summed E-state index contributed by atoms with van der Waals surface area (Å²) in [5.74, 6) is -0.576. The first-order chi connectivity index (χ1) is 12.5. The summed E-state index contributed by atoms with van der Waals surface area (Å²) in [7, 11) is -3.92. The number of unbranched alkanes of at least 4 members (excludes halogenated alkanes) is 15. The topological polar surface area (TPSA) is 74.6 Å². The van der Waals surface area contributed by atoms with Crippen molar-refractivity contribution < 1.29 is 18.1 Å². The summed E-state index contributed by atoms with van der Waals surface area (Å²) in [5, 5.41) is 7.86. The maximum absolute atomic E-state index is 9.63. The molecule has 2 N–H and O–H groups in total. The zero-order valence-electron chi connectivity index (χ0n) is 17.6. The minimum absolute atomic E-state index is 0.529. The van der Waals surface area contributed by atoms with Gasteiger partial charge in [-0.15, -0.1) is 0 Å². The van der Waals surface area contributed by atoms with Gasteiger partial charge in [-0.25, -0.2) is 0 Å². The molecule has 26 heavy (non-hydrogen) atoms. The predicted octanol–water partition coefficient (Wildman–Crippen LogP) is 5.70. The van der Waals surface area contributed by atoms with Crippen LogP contribution in [0.4, 0.5) is 0 Å². The predicted molar refractivity (Wildman–Crippen MR) is 114 cm³/mol. The standard InChI is InChI=1S/C18H37.C2H6O4S.Na/c1-3-5-7-9-11-13-15-17-18-16-14-12-10-8-6-4-2;3-1-2-7(4,5)6;/h1,3-18H2,2H3;3H,1-2H2,(H,4,5,6);. The van der Waals surface area contributed by atoms with E-state index in [0.29, 0.717) is 0 Å². The van der Waals surface area contributed by atoms with Crippen LogP contribution in [0.1, 0.15) is 110 Å². The largest absolute Gasteiger partial charge is 0.395 e. The minimum Gasteiger partial charge on any atom is -0.395 e. The molecule has 0 aliphatic heterocycles. The van der Waals surface area contributed by atoms with Crippen molar-refractivity contribution >= 4 is 38.0 Å². The molecule has 0 aromatic carbocycles. The SMILES string of the molecule is CCCCCCCCCCCCCCCCC[CH2][Na].O=S(=O)(O)CCO. The van der Waals surface area contributed by atoms with Crippen molar-refractivity contribution in [3.63, 3.8) is 0 Å². The van der Waals surface area contributed by atoms with E-state index in [1.54, 1.807) is 0 Å². The summed E-state index contributed by atoms with van der Waals surface area (Å²) in [4.78, 5) is 0. The fraction of sp³-hybridized carbons (Fsp3) is 1.00. The van der Waals surface area contributed by atoms with Crippen molar-refractivity contribution in [1.82, 2.24) is 0 Å². The van der Waals surface area contributed by atoms with Crippen molar-refractivity contribution in [2.45, 2.75) is 113 Å². The maximum Gasteiger partial charge on any atom is 0.267 e. The molecular weight excluding hydrogens is 359 g/mol. The van der Waals surface area contributed by atoms with Crippen molar-refractivity contribution in [1.29, 1.82) is 0 Å². The third-order valence-corrected chi connectivity index (χ3v) is 5.96. The Morgan fingerprint density at radius 2 is 0.962 bits per heavy atom. The molecule has 0 radical (unpaired) electrons. The summed E-state index contributed by atoms with van der Waals surface area (Å²) in [6.45, 7) is 1.77. The second-order valence-corrected chi connectivity index (χ2v) is 9.89. The van der Waals surface area contributed by atoms with Crippen molar-refractivity contribution in [3.05, 3.63) is 0 Å². The molecule has 0 fully saturated rings. The van der Waals surface area contributed by atoms with Crippen LogP contribution in [-0.4, -0.2) is 58.4 Å². The van der Waals surface area contributed by atoms with E-state index in [-0.39, 0.29) is 0 Å². The molecule has 0 spiro atoms. The first-order valence-electron chi connectivity index (χ1n) is 11.0. The van der Waals surface area contributed by atoms with E-state index in [1.165, 1.54) is 134 Å². The fourth-order valence-corrected chi connectivity index (χ4v) is 3.64. The summed E-state index contributed by atoms with van der Waals surface area (Å²) < 4.78 is 28.6. The van der Waals surface area contributed by atoms with Gasteiger partial charge in [-0.2, -0.15) is 8.42 Å². The average molecular weight is 403 g/mol. The molecule has 0 atom stereocenters. The molecule has 0 bridgehead atoms. The molecule has 0 aliphatic carbocycles. The smallest absolute Gasteiger partial charge is 0.267 e. The van der Waals surface area contributed by atoms with Gasteiger partial charge in [0.15, 0.2) is 0 Å². The molecule has 0 heterocycles. The zero-order valence-corrected chi connectivity index (χ0v) is 20.4. The minimum atomic E-state index is -3.92. The van der Waals surface area contributed by atoms with Crippen LogP contribution in [0.3, 0.4) is 0 Å². The van der Waals surface area contributed by atoms with Crippen LogP contribution in [0.15, 0.2) is 0 Å². The molecule has 0 unspecified atom stereocenters. The summed E-state index contributed by atoms with van der Waals surface area (Å²) in [5.41, 5.74) is 0.